The zero-order chi connectivity index (χ0) is 32.9. The highest BCUT2D eigenvalue weighted by atomic mass is 16.7. The SMILES string of the molecule is COc1ccc(C(C)(C)c2ccc(OC(=O)c3ccccc3OC(=O)Oc3ccc(C(C)(C)c4ccc(O)cc4)cc3)cc2)cc1. The van der Waals surface area contributed by atoms with Crippen LogP contribution in [0.25, 0.3) is 0 Å². The summed E-state index contributed by atoms with van der Waals surface area (Å²) in [5.41, 5.74) is 3.61. The maximum atomic E-state index is 13.1. The molecule has 5 rings (SSSR count). The lowest BCUT2D eigenvalue weighted by Gasteiger charge is -2.26. The molecule has 0 amide bonds. The number of para-hydroxylation sites is 1. The maximum absolute atomic E-state index is 13.1. The van der Waals surface area contributed by atoms with Gasteiger partial charge in [0, 0.05) is 10.8 Å². The van der Waals surface area contributed by atoms with Gasteiger partial charge in [0.1, 0.15) is 34.3 Å². The van der Waals surface area contributed by atoms with Gasteiger partial charge < -0.3 is 24.1 Å². The van der Waals surface area contributed by atoms with Crippen molar-refractivity contribution in [3.63, 3.8) is 0 Å². The summed E-state index contributed by atoms with van der Waals surface area (Å²) >= 11 is 0. The van der Waals surface area contributed by atoms with Gasteiger partial charge in [-0.15, -0.1) is 0 Å². The smallest absolute Gasteiger partial charge is 0.508 e. The molecule has 0 aliphatic heterocycles. The molecule has 7 heteroatoms. The first kappa shape index (κ1) is 31.9. The average Bonchev–Trinajstić information content (AvgIpc) is 3.05. The molecule has 0 bridgehead atoms. The summed E-state index contributed by atoms with van der Waals surface area (Å²) in [4.78, 5) is 25.8. The minimum atomic E-state index is -0.990. The molecule has 0 saturated carbocycles. The molecule has 0 aliphatic rings. The van der Waals surface area contributed by atoms with Gasteiger partial charge >= 0.3 is 12.1 Å². The second kappa shape index (κ2) is 13.2. The third-order valence-electron chi connectivity index (χ3n) is 8.26. The lowest BCUT2D eigenvalue weighted by molar-refractivity contribution is 0.0731. The number of hydrogen-bond acceptors (Lipinski definition) is 7. The third-order valence-corrected chi connectivity index (χ3v) is 8.26. The molecule has 5 aromatic rings. The highest BCUT2D eigenvalue weighted by molar-refractivity contribution is 5.94. The van der Waals surface area contributed by atoms with Crippen LogP contribution in [0.15, 0.2) is 121 Å². The average molecular weight is 617 g/mol. The first-order valence-corrected chi connectivity index (χ1v) is 14.8. The van der Waals surface area contributed by atoms with Gasteiger partial charge in [0.25, 0.3) is 0 Å². The Morgan fingerprint density at radius 2 is 0.935 bits per heavy atom. The predicted molar refractivity (Wildman–Crippen MR) is 176 cm³/mol. The molecule has 5 aromatic carbocycles. The first-order chi connectivity index (χ1) is 22.0. The van der Waals surface area contributed by atoms with Crippen molar-refractivity contribution in [3.8, 4) is 28.7 Å². The summed E-state index contributed by atoms with van der Waals surface area (Å²) in [7, 11) is 1.64. The molecule has 0 unspecified atom stereocenters. The Kier molecular flexibility index (Phi) is 9.14. The quantitative estimate of drug-likeness (QED) is 0.100. The van der Waals surface area contributed by atoms with Gasteiger partial charge in [-0.1, -0.05) is 88.4 Å². The molecule has 0 aliphatic carbocycles. The second-order valence-electron chi connectivity index (χ2n) is 11.9. The fourth-order valence-corrected chi connectivity index (χ4v) is 5.19. The number of rotatable bonds is 9. The molecule has 0 atom stereocenters. The fraction of sp³-hybridized carbons (Fsp3) is 0.179. The molecular formula is C39H36O7. The second-order valence-corrected chi connectivity index (χ2v) is 11.9. The van der Waals surface area contributed by atoms with Crippen LogP contribution in [-0.2, 0) is 10.8 Å². The van der Waals surface area contributed by atoms with Crippen molar-refractivity contribution >= 4 is 12.1 Å². The Balaban J connectivity index is 1.22. The van der Waals surface area contributed by atoms with E-state index >= 15 is 0 Å². The van der Waals surface area contributed by atoms with Crippen LogP contribution in [0.4, 0.5) is 4.79 Å². The van der Waals surface area contributed by atoms with E-state index in [0.717, 1.165) is 28.0 Å². The van der Waals surface area contributed by atoms with Crippen molar-refractivity contribution in [2.45, 2.75) is 38.5 Å². The van der Waals surface area contributed by atoms with E-state index in [1.807, 2.05) is 60.7 Å². The molecule has 0 spiro atoms. The summed E-state index contributed by atoms with van der Waals surface area (Å²) in [6, 6.07) is 35.7. The minimum absolute atomic E-state index is 0.0137. The van der Waals surface area contributed by atoms with Crippen LogP contribution in [0, 0.1) is 0 Å². The minimum Gasteiger partial charge on any atom is -0.508 e. The highest BCUT2D eigenvalue weighted by Gasteiger charge is 2.25. The van der Waals surface area contributed by atoms with E-state index in [-0.39, 0.29) is 33.6 Å². The van der Waals surface area contributed by atoms with Gasteiger partial charge in [-0.2, -0.15) is 0 Å². The van der Waals surface area contributed by atoms with Gasteiger partial charge in [0.2, 0.25) is 0 Å². The molecule has 1 N–H and O–H groups in total. The number of benzene rings is 5. The van der Waals surface area contributed by atoms with Crippen molar-refractivity contribution in [1.29, 1.82) is 0 Å². The predicted octanol–water partition coefficient (Wildman–Crippen LogP) is 8.85. The van der Waals surface area contributed by atoms with E-state index in [1.54, 1.807) is 55.6 Å². The Morgan fingerprint density at radius 1 is 0.522 bits per heavy atom. The largest absolute Gasteiger partial charge is 0.519 e. The number of phenolic OH excluding ortho intramolecular Hbond substituents is 1. The molecule has 7 nitrogen and oxygen atoms in total. The van der Waals surface area contributed by atoms with Crippen LogP contribution in [0.1, 0.15) is 60.3 Å². The normalized spacial score (nSPS) is 11.4. The Labute approximate surface area is 269 Å². The number of carbonyl (C=O) groups excluding carboxylic acids is 2. The molecule has 0 heterocycles. The highest BCUT2D eigenvalue weighted by Crippen LogP contribution is 2.35. The van der Waals surface area contributed by atoms with E-state index < -0.39 is 12.1 Å². The maximum Gasteiger partial charge on any atom is 0.519 e. The summed E-state index contributed by atoms with van der Waals surface area (Å²) < 4.78 is 21.7. The number of aromatic hydroxyl groups is 1. The molecule has 0 saturated heterocycles. The van der Waals surface area contributed by atoms with Crippen LogP contribution in [0.3, 0.4) is 0 Å². The fourth-order valence-electron chi connectivity index (χ4n) is 5.19. The van der Waals surface area contributed by atoms with E-state index in [9.17, 15) is 14.7 Å². The lowest BCUT2D eigenvalue weighted by atomic mass is 9.78. The first-order valence-electron chi connectivity index (χ1n) is 14.8. The van der Waals surface area contributed by atoms with E-state index in [2.05, 4.69) is 27.7 Å². The summed E-state index contributed by atoms with van der Waals surface area (Å²) in [6.07, 6.45) is -0.990. The van der Waals surface area contributed by atoms with Gasteiger partial charge in [-0.25, -0.2) is 9.59 Å². The van der Waals surface area contributed by atoms with Crippen molar-refractivity contribution in [3.05, 3.63) is 149 Å². The number of ether oxygens (including phenoxy) is 4. The van der Waals surface area contributed by atoms with Gasteiger partial charge in [-0.3, -0.25) is 0 Å². The standard InChI is InChI=1S/C39H36O7/c1-38(2,26-10-18-30(40)19-11-26)29-16-24-33(25-17-29)45-37(42)46-35-9-7-6-8-34(35)36(41)44-32-22-14-28(15-23-32)39(3,4)27-12-20-31(43-5)21-13-27/h6-25,40H,1-5H3. The van der Waals surface area contributed by atoms with Gasteiger partial charge in [-0.05, 0) is 82.9 Å². The van der Waals surface area contributed by atoms with Crippen LogP contribution in [0.2, 0.25) is 0 Å². The van der Waals surface area contributed by atoms with E-state index in [4.69, 9.17) is 18.9 Å². The topological polar surface area (TPSA) is 91.3 Å². The molecule has 0 fully saturated rings. The summed E-state index contributed by atoms with van der Waals surface area (Å²) in [6.45, 7) is 8.37. The van der Waals surface area contributed by atoms with Crippen LogP contribution in [-0.4, -0.2) is 24.3 Å². The van der Waals surface area contributed by atoms with E-state index in [0.29, 0.717) is 5.75 Å². The number of hydrogen-bond donors (Lipinski definition) is 1. The van der Waals surface area contributed by atoms with Gasteiger partial charge in [0.05, 0.1) is 7.11 Å². The number of carbonyl (C=O) groups is 2. The van der Waals surface area contributed by atoms with Crippen molar-refractivity contribution in [1.82, 2.24) is 0 Å². The van der Waals surface area contributed by atoms with Crippen molar-refractivity contribution in [2.75, 3.05) is 7.11 Å². The number of methoxy groups -OCH3 is 1. The van der Waals surface area contributed by atoms with Crippen LogP contribution < -0.4 is 18.9 Å². The monoisotopic (exact) mass is 616 g/mol. The summed E-state index contributed by atoms with van der Waals surface area (Å²) in [5, 5.41) is 9.62. The Morgan fingerprint density at radius 3 is 1.41 bits per heavy atom. The molecular weight excluding hydrogens is 580 g/mol. The van der Waals surface area contributed by atoms with E-state index in [1.165, 1.54) is 12.1 Å². The van der Waals surface area contributed by atoms with Crippen molar-refractivity contribution in [2.24, 2.45) is 0 Å². The number of phenols is 1. The molecule has 0 aromatic heterocycles. The van der Waals surface area contributed by atoms with Crippen LogP contribution >= 0.6 is 0 Å². The number of esters is 1. The zero-order valence-corrected chi connectivity index (χ0v) is 26.4. The lowest BCUT2D eigenvalue weighted by Crippen LogP contribution is -2.19. The van der Waals surface area contributed by atoms with Crippen molar-refractivity contribution < 1.29 is 33.6 Å². The Bertz CT molecular complexity index is 1800. The van der Waals surface area contributed by atoms with Crippen LogP contribution in [0.5, 0.6) is 28.7 Å². The third kappa shape index (κ3) is 7.05. The molecule has 0 radical (unpaired) electrons. The summed E-state index contributed by atoms with van der Waals surface area (Å²) in [5.74, 6) is 0.975. The van der Waals surface area contributed by atoms with Gasteiger partial charge in [0.15, 0.2) is 0 Å². The Hall–Kier alpha value is -5.56. The molecule has 46 heavy (non-hydrogen) atoms. The zero-order valence-electron chi connectivity index (χ0n) is 26.4. The molecule has 234 valence electrons.